The van der Waals surface area contributed by atoms with Crippen molar-refractivity contribution in [3.63, 3.8) is 0 Å². The Morgan fingerprint density at radius 3 is 1.53 bits per heavy atom. The van der Waals surface area contributed by atoms with Crippen molar-refractivity contribution in [2.45, 2.75) is 43.5 Å². The van der Waals surface area contributed by atoms with Crippen molar-refractivity contribution in [1.29, 1.82) is 0 Å². The molecule has 0 spiro atoms. The summed E-state index contributed by atoms with van der Waals surface area (Å²) >= 11 is 0. The number of rotatable bonds is 1. The molecule has 4 atom stereocenters. The van der Waals surface area contributed by atoms with Crippen LogP contribution >= 0.6 is 0 Å². The molecule has 0 heterocycles. The predicted molar refractivity (Wildman–Crippen MR) is 45.6 cm³/mol. The topological polar surface area (TPSA) is 127 Å². The van der Waals surface area contributed by atoms with E-state index in [1.54, 1.807) is 0 Å². The second-order valence-corrected chi connectivity index (χ2v) is 3.53. The molecule has 15 heavy (non-hydrogen) atoms. The van der Waals surface area contributed by atoms with Gasteiger partial charge in [0, 0.05) is 6.92 Å². The molecular weight excluding hydrogens is 208 g/mol. The van der Waals surface area contributed by atoms with E-state index in [1.165, 1.54) is 0 Å². The summed E-state index contributed by atoms with van der Waals surface area (Å²) in [5.74, 6) is -0.770. The summed E-state index contributed by atoms with van der Waals surface area (Å²) in [6.07, 6.45) is -9.75. The Labute approximate surface area is 85.5 Å². The van der Waals surface area contributed by atoms with Crippen LogP contribution in [0.15, 0.2) is 0 Å². The number of carbonyl (C=O) groups is 1. The Hall–Kier alpha value is -0.730. The molecule has 88 valence electrons. The maximum atomic E-state index is 10.6. The van der Waals surface area contributed by atoms with Crippen LogP contribution in [0.1, 0.15) is 6.92 Å². The second kappa shape index (κ2) is 4.42. The Kier molecular flexibility index (Phi) is 3.63. The first-order chi connectivity index (χ1) is 6.86. The molecule has 7 nitrogen and oxygen atoms in total. The fourth-order valence-electron chi connectivity index (χ4n) is 1.53. The van der Waals surface area contributed by atoms with E-state index in [0.717, 1.165) is 6.92 Å². The zero-order chi connectivity index (χ0) is 11.7. The molecule has 0 aromatic heterocycles. The van der Waals surface area contributed by atoms with Crippen molar-refractivity contribution in [3.05, 3.63) is 0 Å². The van der Waals surface area contributed by atoms with E-state index in [-0.39, 0.29) is 0 Å². The van der Waals surface area contributed by atoms with E-state index in [2.05, 4.69) is 4.74 Å². The molecular formula is C8H14O7. The highest BCUT2D eigenvalue weighted by molar-refractivity contribution is 5.66. The standard InChI is InChI=1S/C8H14O7/c1-2(9)15-8-6(13)4(11)3(10)5(12)7(8)14/h3-8,10-14H,1H3. The number of hydrogen-bond donors (Lipinski definition) is 5. The van der Waals surface area contributed by atoms with Crippen molar-refractivity contribution in [1.82, 2.24) is 0 Å². The van der Waals surface area contributed by atoms with Crippen molar-refractivity contribution >= 4 is 5.97 Å². The van der Waals surface area contributed by atoms with E-state index in [1.807, 2.05) is 0 Å². The third-order valence-electron chi connectivity index (χ3n) is 2.37. The average Bonchev–Trinajstić information content (AvgIpc) is 2.18. The molecule has 5 N–H and O–H groups in total. The Balaban J connectivity index is 2.81. The molecule has 0 aromatic rings. The van der Waals surface area contributed by atoms with Gasteiger partial charge in [0.25, 0.3) is 0 Å². The molecule has 0 radical (unpaired) electrons. The van der Waals surface area contributed by atoms with Gasteiger partial charge in [-0.1, -0.05) is 0 Å². The predicted octanol–water partition coefficient (Wildman–Crippen LogP) is -3.26. The molecule has 0 aliphatic heterocycles. The van der Waals surface area contributed by atoms with Crippen LogP contribution in [0.2, 0.25) is 0 Å². The lowest BCUT2D eigenvalue weighted by Gasteiger charge is -2.40. The van der Waals surface area contributed by atoms with Crippen LogP contribution in [0.3, 0.4) is 0 Å². The van der Waals surface area contributed by atoms with E-state index in [9.17, 15) is 30.3 Å². The maximum Gasteiger partial charge on any atom is 0.303 e. The van der Waals surface area contributed by atoms with Gasteiger partial charge in [-0.05, 0) is 0 Å². The minimum atomic E-state index is -1.68. The molecule has 1 rings (SSSR count). The highest BCUT2D eigenvalue weighted by atomic mass is 16.6. The Morgan fingerprint density at radius 1 is 0.867 bits per heavy atom. The first kappa shape index (κ1) is 12.3. The summed E-state index contributed by atoms with van der Waals surface area (Å²) in [4.78, 5) is 10.6. The van der Waals surface area contributed by atoms with Gasteiger partial charge < -0.3 is 30.3 Å². The summed E-state index contributed by atoms with van der Waals surface area (Å²) in [7, 11) is 0. The first-order valence-corrected chi connectivity index (χ1v) is 4.43. The minimum absolute atomic E-state index is 0.770. The molecule has 0 aromatic carbocycles. The van der Waals surface area contributed by atoms with Crippen LogP contribution < -0.4 is 0 Å². The number of ether oxygens (including phenoxy) is 1. The van der Waals surface area contributed by atoms with Gasteiger partial charge in [-0.25, -0.2) is 0 Å². The van der Waals surface area contributed by atoms with E-state index in [0.29, 0.717) is 0 Å². The summed E-state index contributed by atoms with van der Waals surface area (Å²) in [6, 6.07) is 0. The van der Waals surface area contributed by atoms with E-state index >= 15 is 0 Å². The summed E-state index contributed by atoms with van der Waals surface area (Å²) in [5, 5.41) is 46.5. The maximum absolute atomic E-state index is 10.6. The lowest BCUT2D eigenvalue weighted by atomic mass is 9.85. The number of hydrogen-bond acceptors (Lipinski definition) is 7. The quantitative estimate of drug-likeness (QED) is 0.294. The van der Waals surface area contributed by atoms with E-state index < -0.39 is 42.6 Å². The smallest absolute Gasteiger partial charge is 0.303 e. The highest BCUT2D eigenvalue weighted by Crippen LogP contribution is 2.23. The lowest BCUT2D eigenvalue weighted by Crippen LogP contribution is -2.64. The lowest BCUT2D eigenvalue weighted by molar-refractivity contribution is -0.232. The van der Waals surface area contributed by atoms with E-state index in [4.69, 9.17) is 0 Å². The third kappa shape index (κ3) is 2.27. The van der Waals surface area contributed by atoms with Crippen molar-refractivity contribution in [3.8, 4) is 0 Å². The Bertz CT molecular complexity index is 227. The van der Waals surface area contributed by atoms with Crippen LogP contribution in [0.4, 0.5) is 0 Å². The van der Waals surface area contributed by atoms with Gasteiger partial charge in [-0.3, -0.25) is 4.79 Å². The SMILES string of the molecule is CC(=O)OC1C(O)C(O)C(O)C(O)C1O. The molecule has 0 saturated heterocycles. The average molecular weight is 222 g/mol. The molecule has 0 amide bonds. The fourth-order valence-corrected chi connectivity index (χ4v) is 1.53. The van der Waals surface area contributed by atoms with Crippen LogP contribution in [-0.2, 0) is 9.53 Å². The molecule has 4 unspecified atom stereocenters. The van der Waals surface area contributed by atoms with Gasteiger partial charge >= 0.3 is 5.97 Å². The van der Waals surface area contributed by atoms with Crippen LogP contribution in [0, 0.1) is 0 Å². The number of carbonyl (C=O) groups excluding carboxylic acids is 1. The van der Waals surface area contributed by atoms with Crippen molar-refractivity contribution in [2.75, 3.05) is 0 Å². The normalized spacial score (nSPS) is 46.3. The van der Waals surface area contributed by atoms with Gasteiger partial charge in [0.15, 0.2) is 6.10 Å². The minimum Gasteiger partial charge on any atom is -0.457 e. The molecule has 1 saturated carbocycles. The largest absolute Gasteiger partial charge is 0.457 e. The number of aliphatic hydroxyl groups excluding tert-OH is 5. The van der Waals surface area contributed by atoms with Crippen LogP contribution in [0.5, 0.6) is 0 Å². The summed E-state index contributed by atoms with van der Waals surface area (Å²) in [6.45, 7) is 1.06. The van der Waals surface area contributed by atoms with Gasteiger partial charge in [0.05, 0.1) is 0 Å². The van der Waals surface area contributed by atoms with Gasteiger partial charge in [-0.15, -0.1) is 0 Å². The number of esters is 1. The summed E-state index contributed by atoms with van der Waals surface area (Å²) in [5.41, 5.74) is 0. The first-order valence-electron chi connectivity index (χ1n) is 4.43. The van der Waals surface area contributed by atoms with Crippen LogP contribution in [-0.4, -0.2) is 68.1 Å². The fraction of sp³-hybridized carbons (Fsp3) is 0.875. The second-order valence-electron chi connectivity index (χ2n) is 3.53. The van der Waals surface area contributed by atoms with Crippen molar-refractivity contribution < 1.29 is 35.1 Å². The molecule has 1 aliphatic rings. The molecule has 1 aliphatic carbocycles. The van der Waals surface area contributed by atoms with Crippen molar-refractivity contribution in [2.24, 2.45) is 0 Å². The third-order valence-corrected chi connectivity index (χ3v) is 2.37. The highest BCUT2D eigenvalue weighted by Gasteiger charge is 2.49. The monoisotopic (exact) mass is 222 g/mol. The number of aliphatic hydroxyl groups is 5. The molecule has 0 bridgehead atoms. The zero-order valence-corrected chi connectivity index (χ0v) is 8.02. The van der Waals surface area contributed by atoms with Crippen LogP contribution in [0.25, 0.3) is 0 Å². The molecule has 1 fully saturated rings. The van der Waals surface area contributed by atoms with Gasteiger partial charge in [0.2, 0.25) is 0 Å². The zero-order valence-electron chi connectivity index (χ0n) is 8.02. The molecule has 7 heteroatoms. The van der Waals surface area contributed by atoms with Gasteiger partial charge in [0.1, 0.15) is 30.5 Å². The van der Waals surface area contributed by atoms with Gasteiger partial charge in [-0.2, -0.15) is 0 Å². The summed E-state index contributed by atoms with van der Waals surface area (Å²) < 4.78 is 4.53. The Morgan fingerprint density at radius 2 is 1.20 bits per heavy atom.